The van der Waals surface area contributed by atoms with Crippen molar-refractivity contribution in [3.8, 4) is 0 Å². The van der Waals surface area contributed by atoms with E-state index in [0.717, 1.165) is 12.8 Å². The van der Waals surface area contributed by atoms with Crippen LogP contribution in [0.15, 0.2) is 11.1 Å². The Balaban J connectivity index is 2.94. The number of hydrogen-bond donors (Lipinski definition) is 3. The number of anilines is 1. The van der Waals surface area contributed by atoms with Crippen molar-refractivity contribution in [3.05, 3.63) is 20.3 Å². The lowest BCUT2D eigenvalue weighted by atomic mass is 9.94. The third-order valence-corrected chi connectivity index (χ3v) is 3.69. The number of nitrogens with one attached hydrogen (secondary N) is 2. The van der Waals surface area contributed by atoms with E-state index >= 15 is 0 Å². The summed E-state index contributed by atoms with van der Waals surface area (Å²) in [6.07, 6.45) is 3.17. The van der Waals surface area contributed by atoms with Crippen LogP contribution in [-0.2, 0) is 0 Å². The molecule has 1 atom stereocenters. The molecule has 90 valence electrons. The Kier molecular flexibility index (Phi) is 4.72. The Morgan fingerprint density at radius 1 is 1.69 bits per heavy atom. The normalized spacial score (nSPS) is 14.5. The average molecular weight is 336 g/mol. The molecule has 1 aromatic heterocycles. The Labute approximate surface area is 108 Å². The second-order valence-electron chi connectivity index (χ2n) is 3.97. The van der Waals surface area contributed by atoms with Crippen molar-refractivity contribution in [2.45, 2.75) is 32.2 Å². The molecule has 0 amide bonds. The zero-order valence-electron chi connectivity index (χ0n) is 9.51. The summed E-state index contributed by atoms with van der Waals surface area (Å²) in [7, 11) is 0. The van der Waals surface area contributed by atoms with Gasteiger partial charge in [0.1, 0.15) is 9.39 Å². The van der Waals surface area contributed by atoms with Gasteiger partial charge in [0.2, 0.25) is 0 Å². The molecule has 4 N–H and O–H groups in total. The molecule has 1 unspecified atom stereocenters. The molecule has 1 heterocycles. The van der Waals surface area contributed by atoms with E-state index in [0.29, 0.717) is 15.9 Å². The summed E-state index contributed by atoms with van der Waals surface area (Å²) in [5.41, 5.74) is 5.34. The lowest BCUT2D eigenvalue weighted by molar-refractivity contribution is 0.461. The summed E-state index contributed by atoms with van der Waals surface area (Å²) in [5.74, 6) is 0.627. The number of nitrogens with zero attached hydrogens (tertiary/aromatic N) is 1. The third kappa shape index (κ3) is 3.18. The minimum absolute atomic E-state index is 0.116. The lowest BCUT2D eigenvalue weighted by Gasteiger charge is -2.30. The molecule has 16 heavy (non-hydrogen) atoms. The van der Waals surface area contributed by atoms with Crippen LogP contribution in [0.2, 0.25) is 0 Å². The van der Waals surface area contributed by atoms with Crippen LogP contribution in [0.4, 0.5) is 5.82 Å². The van der Waals surface area contributed by atoms with Crippen molar-refractivity contribution in [2.75, 3.05) is 11.9 Å². The summed E-state index contributed by atoms with van der Waals surface area (Å²) in [6, 6.07) is 0. The zero-order valence-corrected chi connectivity index (χ0v) is 11.7. The SMILES string of the molecule is CCC(C)(CCN)Nc1nc[nH]c(=O)c1I. The largest absolute Gasteiger partial charge is 0.364 e. The van der Waals surface area contributed by atoms with Crippen molar-refractivity contribution < 1.29 is 0 Å². The van der Waals surface area contributed by atoms with Gasteiger partial charge in [-0.15, -0.1) is 0 Å². The fourth-order valence-electron chi connectivity index (χ4n) is 1.40. The van der Waals surface area contributed by atoms with E-state index in [1.807, 2.05) is 22.6 Å². The van der Waals surface area contributed by atoms with Crippen molar-refractivity contribution in [3.63, 3.8) is 0 Å². The molecule has 0 fully saturated rings. The smallest absolute Gasteiger partial charge is 0.266 e. The number of aromatic amines is 1. The standard InChI is InChI=1S/C10H17IN4O/c1-3-10(2,4-5-12)15-8-7(11)9(16)14-6-13-8/h6H,3-5,12H2,1-2H3,(H2,13,14,15,16). The van der Waals surface area contributed by atoms with Crippen LogP contribution < -0.4 is 16.6 Å². The van der Waals surface area contributed by atoms with Crippen LogP contribution >= 0.6 is 22.6 Å². The first-order valence-corrected chi connectivity index (χ1v) is 6.31. The number of nitrogens with two attached hydrogens (primary N) is 1. The monoisotopic (exact) mass is 336 g/mol. The minimum Gasteiger partial charge on any atom is -0.364 e. The maximum atomic E-state index is 11.4. The van der Waals surface area contributed by atoms with Crippen molar-refractivity contribution in [1.82, 2.24) is 9.97 Å². The highest BCUT2D eigenvalue weighted by molar-refractivity contribution is 14.1. The lowest BCUT2D eigenvalue weighted by Crippen LogP contribution is -2.37. The van der Waals surface area contributed by atoms with Gasteiger partial charge in [-0.05, 0) is 48.9 Å². The summed E-state index contributed by atoms with van der Waals surface area (Å²) in [6.45, 7) is 4.78. The molecule has 5 nitrogen and oxygen atoms in total. The fraction of sp³-hybridized carbons (Fsp3) is 0.600. The zero-order chi connectivity index (χ0) is 12.2. The van der Waals surface area contributed by atoms with E-state index in [1.54, 1.807) is 0 Å². The van der Waals surface area contributed by atoms with Gasteiger partial charge in [-0.3, -0.25) is 4.79 Å². The van der Waals surface area contributed by atoms with Gasteiger partial charge in [-0.25, -0.2) is 4.98 Å². The molecule has 0 aliphatic rings. The van der Waals surface area contributed by atoms with Crippen LogP contribution in [0.25, 0.3) is 0 Å². The molecule has 6 heteroatoms. The van der Waals surface area contributed by atoms with E-state index in [1.165, 1.54) is 6.33 Å². The molecule has 0 aromatic carbocycles. The summed E-state index contributed by atoms with van der Waals surface area (Å²) in [5, 5.41) is 3.30. The molecule has 0 radical (unpaired) electrons. The molecule has 1 rings (SSSR count). The van der Waals surface area contributed by atoms with Crippen molar-refractivity contribution in [2.24, 2.45) is 5.73 Å². The Hall–Kier alpha value is -0.630. The molecule has 1 aromatic rings. The summed E-state index contributed by atoms with van der Waals surface area (Å²) in [4.78, 5) is 18.1. The molecule has 0 aliphatic carbocycles. The maximum absolute atomic E-state index is 11.4. The highest BCUT2D eigenvalue weighted by atomic mass is 127. The molecule has 0 saturated heterocycles. The van der Waals surface area contributed by atoms with Crippen LogP contribution in [0.5, 0.6) is 0 Å². The second-order valence-corrected chi connectivity index (χ2v) is 5.05. The Morgan fingerprint density at radius 3 is 2.94 bits per heavy atom. The maximum Gasteiger partial charge on any atom is 0.266 e. The van der Waals surface area contributed by atoms with Crippen molar-refractivity contribution in [1.29, 1.82) is 0 Å². The van der Waals surface area contributed by atoms with Crippen LogP contribution in [-0.4, -0.2) is 22.1 Å². The van der Waals surface area contributed by atoms with Crippen LogP contribution in [0.3, 0.4) is 0 Å². The van der Waals surface area contributed by atoms with Crippen molar-refractivity contribution >= 4 is 28.4 Å². The van der Waals surface area contributed by atoms with Gasteiger partial charge in [-0.1, -0.05) is 6.92 Å². The highest BCUT2D eigenvalue weighted by Crippen LogP contribution is 2.21. The fourth-order valence-corrected chi connectivity index (χ4v) is 1.83. The van der Waals surface area contributed by atoms with Gasteiger partial charge in [0.15, 0.2) is 0 Å². The van der Waals surface area contributed by atoms with Gasteiger partial charge in [0.05, 0.1) is 6.33 Å². The number of halogens is 1. The molecule has 0 saturated carbocycles. The first-order valence-electron chi connectivity index (χ1n) is 5.24. The molecule has 0 spiro atoms. The Morgan fingerprint density at radius 2 is 2.38 bits per heavy atom. The molecular formula is C10H17IN4O. The average Bonchev–Trinajstić information content (AvgIpc) is 2.25. The van der Waals surface area contributed by atoms with Crippen LogP contribution in [0.1, 0.15) is 26.7 Å². The van der Waals surface area contributed by atoms with Gasteiger partial charge >= 0.3 is 0 Å². The van der Waals surface area contributed by atoms with E-state index in [2.05, 4.69) is 29.1 Å². The number of H-pyrrole nitrogens is 1. The van der Waals surface area contributed by atoms with Gasteiger partial charge in [0, 0.05) is 5.54 Å². The topological polar surface area (TPSA) is 83.8 Å². The number of aromatic nitrogens is 2. The minimum atomic E-state index is -0.121. The van der Waals surface area contributed by atoms with E-state index < -0.39 is 0 Å². The predicted molar refractivity (Wildman–Crippen MR) is 73.6 cm³/mol. The summed E-state index contributed by atoms with van der Waals surface area (Å²) >= 11 is 1.99. The quantitative estimate of drug-likeness (QED) is 0.708. The molecule has 0 bridgehead atoms. The molecular weight excluding hydrogens is 319 g/mol. The Bertz CT molecular complexity index is 406. The first-order chi connectivity index (χ1) is 7.52. The second kappa shape index (κ2) is 5.62. The third-order valence-electron chi connectivity index (χ3n) is 2.69. The van der Waals surface area contributed by atoms with Gasteiger partial charge in [0.25, 0.3) is 5.56 Å². The number of hydrogen-bond acceptors (Lipinski definition) is 4. The predicted octanol–water partition coefficient (Wildman–Crippen LogP) is 1.30. The van der Waals surface area contributed by atoms with Gasteiger partial charge in [-0.2, -0.15) is 0 Å². The molecule has 0 aliphatic heterocycles. The number of rotatable bonds is 5. The highest BCUT2D eigenvalue weighted by Gasteiger charge is 2.22. The van der Waals surface area contributed by atoms with Gasteiger partial charge < -0.3 is 16.0 Å². The summed E-state index contributed by atoms with van der Waals surface area (Å²) < 4.78 is 0.580. The van der Waals surface area contributed by atoms with E-state index in [-0.39, 0.29) is 11.1 Å². The van der Waals surface area contributed by atoms with Crippen LogP contribution in [0, 0.1) is 3.57 Å². The van der Waals surface area contributed by atoms with E-state index in [4.69, 9.17) is 5.73 Å². The van der Waals surface area contributed by atoms with E-state index in [9.17, 15) is 4.79 Å². The first kappa shape index (κ1) is 13.4.